The van der Waals surface area contributed by atoms with E-state index < -0.39 is 36.6 Å². The van der Waals surface area contributed by atoms with Crippen molar-refractivity contribution < 1.29 is 32.5 Å². The predicted molar refractivity (Wildman–Crippen MR) is 180 cm³/mol. The van der Waals surface area contributed by atoms with E-state index in [0.29, 0.717) is 0 Å². The van der Waals surface area contributed by atoms with Gasteiger partial charge in [-0.3, -0.25) is 0 Å². The van der Waals surface area contributed by atoms with Crippen molar-refractivity contribution in [3.8, 4) is 0 Å². The molecular formula is C36H46B2FNO6. The van der Waals surface area contributed by atoms with Crippen molar-refractivity contribution in [2.45, 2.75) is 102 Å². The molecule has 3 aliphatic heterocycles. The molecule has 0 unspecified atom stereocenters. The highest BCUT2D eigenvalue weighted by molar-refractivity contribution is 6.62. The van der Waals surface area contributed by atoms with Gasteiger partial charge in [0.15, 0.2) is 0 Å². The van der Waals surface area contributed by atoms with Gasteiger partial charge in [0.25, 0.3) is 0 Å². The van der Waals surface area contributed by atoms with Crippen LogP contribution in [-0.4, -0.2) is 63.1 Å². The second-order valence-electron chi connectivity index (χ2n) is 14.7. The van der Waals surface area contributed by atoms with Gasteiger partial charge in [0.05, 0.1) is 34.5 Å². The Morgan fingerprint density at radius 3 is 1.17 bits per heavy atom. The molecular weight excluding hydrogens is 583 g/mol. The minimum absolute atomic E-state index is 0.236. The number of hydrogen-bond acceptors (Lipinski definition) is 7. The third kappa shape index (κ3) is 5.61. The summed E-state index contributed by atoms with van der Waals surface area (Å²) in [5, 5.41) is 0. The number of rotatable bonds is 7. The van der Waals surface area contributed by atoms with Gasteiger partial charge in [-0.25, -0.2) is 4.39 Å². The number of hydrogen-bond donors (Lipinski definition) is 0. The number of methoxy groups -OCH3 is 2. The quantitative estimate of drug-likeness (QED) is 0.309. The normalized spacial score (nSPS) is 27.8. The molecule has 3 saturated heterocycles. The van der Waals surface area contributed by atoms with Crippen LogP contribution in [0.4, 0.5) is 10.1 Å². The molecule has 3 aromatic rings. The molecule has 244 valence electrons. The van der Waals surface area contributed by atoms with Gasteiger partial charge in [-0.05, 0) is 102 Å². The van der Waals surface area contributed by atoms with Crippen LogP contribution in [-0.2, 0) is 28.1 Å². The van der Waals surface area contributed by atoms with Crippen molar-refractivity contribution in [1.29, 1.82) is 0 Å². The van der Waals surface area contributed by atoms with Crippen LogP contribution in [0.15, 0.2) is 72.8 Å². The summed E-state index contributed by atoms with van der Waals surface area (Å²) >= 11 is 0. The molecule has 0 N–H and O–H groups in total. The summed E-state index contributed by atoms with van der Waals surface area (Å²) in [4.78, 5) is 2.29. The van der Waals surface area contributed by atoms with Crippen LogP contribution in [0.2, 0.25) is 0 Å². The number of anilines is 1. The van der Waals surface area contributed by atoms with Gasteiger partial charge < -0.3 is 33.0 Å². The lowest BCUT2D eigenvalue weighted by Gasteiger charge is -2.34. The Bertz CT molecular complexity index is 1400. The van der Waals surface area contributed by atoms with Crippen LogP contribution in [0.1, 0.15) is 78.6 Å². The monoisotopic (exact) mass is 629 g/mol. The largest absolute Gasteiger partial charge is 0.494 e. The van der Waals surface area contributed by atoms with Crippen LogP contribution in [0.25, 0.3) is 0 Å². The fraction of sp³-hybridized carbons (Fsp3) is 0.500. The molecule has 46 heavy (non-hydrogen) atoms. The summed E-state index contributed by atoms with van der Waals surface area (Å²) in [6.45, 7) is 16.4. The molecule has 7 nitrogen and oxygen atoms in total. The molecule has 6 rings (SSSR count). The summed E-state index contributed by atoms with van der Waals surface area (Å²) in [7, 11) is 2.51. The number of nitrogens with zero attached hydrogens (tertiary/aromatic N) is 1. The maximum atomic E-state index is 14.2. The van der Waals surface area contributed by atoms with Gasteiger partial charge in [0.2, 0.25) is 0 Å². The molecule has 4 atom stereocenters. The van der Waals surface area contributed by atoms with Crippen LogP contribution in [0, 0.1) is 5.82 Å². The van der Waals surface area contributed by atoms with Crippen molar-refractivity contribution in [3.63, 3.8) is 0 Å². The van der Waals surface area contributed by atoms with E-state index in [9.17, 15) is 4.39 Å². The average Bonchev–Trinajstić information content (AvgIpc) is 3.54. The first kappa shape index (κ1) is 33.2. The zero-order valence-corrected chi connectivity index (χ0v) is 28.7. The Hall–Kier alpha value is -2.72. The lowest BCUT2D eigenvalue weighted by molar-refractivity contribution is -0.0288. The minimum atomic E-state index is -0.462. The van der Waals surface area contributed by atoms with Crippen LogP contribution < -0.4 is 15.8 Å². The Morgan fingerprint density at radius 2 is 0.870 bits per heavy atom. The van der Waals surface area contributed by atoms with E-state index in [1.807, 2.05) is 12.1 Å². The molecule has 3 fully saturated rings. The fourth-order valence-electron chi connectivity index (χ4n) is 6.67. The first-order valence-corrected chi connectivity index (χ1v) is 16.1. The Morgan fingerprint density at radius 1 is 0.543 bits per heavy atom. The molecule has 0 bridgehead atoms. The molecule has 3 heterocycles. The Balaban J connectivity index is 1.37. The van der Waals surface area contributed by atoms with Gasteiger partial charge in [0.1, 0.15) is 18.0 Å². The summed E-state index contributed by atoms with van der Waals surface area (Å²) in [6, 6.07) is 22.8. The van der Waals surface area contributed by atoms with Crippen molar-refractivity contribution in [2.75, 3.05) is 19.1 Å². The van der Waals surface area contributed by atoms with Gasteiger partial charge in [-0.15, -0.1) is 0 Å². The van der Waals surface area contributed by atoms with Gasteiger partial charge in [-0.1, -0.05) is 48.5 Å². The van der Waals surface area contributed by atoms with E-state index in [1.165, 1.54) is 12.1 Å². The third-order valence-electron chi connectivity index (χ3n) is 10.8. The maximum absolute atomic E-state index is 14.2. The van der Waals surface area contributed by atoms with E-state index in [4.69, 9.17) is 28.1 Å². The summed E-state index contributed by atoms with van der Waals surface area (Å²) < 4.78 is 51.8. The van der Waals surface area contributed by atoms with E-state index in [0.717, 1.165) is 27.7 Å². The van der Waals surface area contributed by atoms with E-state index in [1.54, 1.807) is 14.2 Å². The van der Waals surface area contributed by atoms with Gasteiger partial charge >= 0.3 is 14.2 Å². The highest BCUT2D eigenvalue weighted by Crippen LogP contribution is 2.49. The topological polar surface area (TPSA) is 58.6 Å². The SMILES string of the molecule is CO[C@H]1[C@H](OC)[C@H](c2ccc(B3OC(C)(C)C(C)(C)O3)cc2)N(c2ccc(F)cc2)[C@H]1c1ccc(B2OC(C)(C)C(C)(C)O2)cc1. The van der Waals surface area contributed by atoms with Crippen LogP contribution in [0.5, 0.6) is 0 Å². The number of ether oxygens (including phenoxy) is 2. The molecule has 3 aliphatic rings. The zero-order chi connectivity index (χ0) is 33.2. The van der Waals surface area contributed by atoms with E-state index in [2.05, 4.69) is 109 Å². The summed E-state index contributed by atoms with van der Waals surface area (Å²) in [6.07, 6.45) is -0.656. The minimum Gasteiger partial charge on any atom is -0.399 e. The lowest BCUT2D eigenvalue weighted by atomic mass is 9.78. The maximum Gasteiger partial charge on any atom is 0.494 e. The third-order valence-corrected chi connectivity index (χ3v) is 10.8. The fourth-order valence-corrected chi connectivity index (χ4v) is 6.67. The molecule has 10 heteroatoms. The predicted octanol–water partition coefficient (Wildman–Crippen LogP) is 5.76. The van der Waals surface area contributed by atoms with Gasteiger partial charge in [0, 0.05) is 19.9 Å². The molecule has 0 aromatic heterocycles. The first-order valence-electron chi connectivity index (χ1n) is 16.1. The molecule has 0 radical (unpaired) electrons. The van der Waals surface area contributed by atoms with Crippen LogP contribution in [0.3, 0.4) is 0 Å². The van der Waals surface area contributed by atoms with Crippen molar-refractivity contribution in [3.05, 3.63) is 89.7 Å². The number of halogens is 1. The lowest BCUT2D eigenvalue weighted by Crippen LogP contribution is -2.41. The molecule has 0 saturated carbocycles. The van der Waals surface area contributed by atoms with Crippen molar-refractivity contribution in [1.82, 2.24) is 0 Å². The Labute approximate surface area is 273 Å². The Kier molecular flexibility index (Phi) is 8.48. The second kappa shape index (κ2) is 11.8. The average molecular weight is 629 g/mol. The first-order chi connectivity index (χ1) is 21.6. The molecule has 0 amide bonds. The molecule has 0 aliphatic carbocycles. The van der Waals surface area contributed by atoms with E-state index in [-0.39, 0.29) is 30.1 Å². The second-order valence-corrected chi connectivity index (χ2v) is 14.7. The van der Waals surface area contributed by atoms with Crippen LogP contribution >= 0.6 is 0 Å². The zero-order valence-electron chi connectivity index (χ0n) is 28.7. The van der Waals surface area contributed by atoms with Gasteiger partial charge in [-0.2, -0.15) is 0 Å². The summed E-state index contributed by atoms with van der Waals surface area (Å²) in [5.41, 5.74) is 3.10. The highest BCUT2D eigenvalue weighted by atomic mass is 19.1. The standard InChI is InChI=1S/C36H46B2FNO6/c1-33(2)34(3,4)44-37(43-33)25-15-11-23(12-16-25)29-31(41-9)32(42-10)30(40(29)28-21-19-27(39)20-22-28)24-13-17-26(18-14-24)38-45-35(5,6)36(7,8)46-38/h11-22,29-32H,1-10H3/t29-,30-,31+,32+/m0/s1. The smallest absolute Gasteiger partial charge is 0.399 e. The number of benzene rings is 3. The summed E-state index contributed by atoms with van der Waals surface area (Å²) in [5.74, 6) is -0.291. The highest BCUT2D eigenvalue weighted by Gasteiger charge is 2.54. The molecule has 0 spiro atoms. The van der Waals surface area contributed by atoms with Crippen molar-refractivity contribution >= 4 is 30.8 Å². The van der Waals surface area contributed by atoms with Crippen molar-refractivity contribution in [2.24, 2.45) is 0 Å². The molecule has 3 aromatic carbocycles. The van der Waals surface area contributed by atoms with E-state index >= 15 is 0 Å².